The number of phenolic OH excluding ortho intramolecular Hbond substituents is 1. The summed E-state index contributed by atoms with van der Waals surface area (Å²) in [5, 5.41) is 13.7. The van der Waals surface area contributed by atoms with Gasteiger partial charge in [0.05, 0.1) is 29.0 Å². The maximum Gasteiger partial charge on any atom is 0.509 e. The summed E-state index contributed by atoms with van der Waals surface area (Å²) >= 11 is 0. The molecule has 0 bridgehead atoms. The topological polar surface area (TPSA) is 162 Å². The summed E-state index contributed by atoms with van der Waals surface area (Å²) in [4.78, 5) is 62.1. The zero-order chi connectivity index (χ0) is 38.7. The van der Waals surface area contributed by atoms with E-state index >= 15 is 0 Å². The maximum absolute atomic E-state index is 13.9. The second-order valence-corrected chi connectivity index (χ2v) is 16.2. The number of likely N-dealkylation sites (N-methyl/N-ethyl adjacent to an activating group) is 1. The largest absolute Gasteiger partial charge is 0.509 e. The minimum atomic E-state index is -1.88. The number of fused-ring (bicyclic) bond motifs is 5. The van der Waals surface area contributed by atoms with Crippen molar-refractivity contribution in [1.82, 2.24) is 14.5 Å². The lowest BCUT2D eigenvalue weighted by Crippen LogP contribution is -2.47. The number of halogens is 1. The van der Waals surface area contributed by atoms with Gasteiger partial charge in [-0.25, -0.2) is 19.4 Å². The average Bonchev–Trinajstić information content (AvgIpc) is 3.55. The molecule has 7 rings (SSSR count). The molecule has 1 saturated heterocycles. The van der Waals surface area contributed by atoms with Crippen LogP contribution in [0.15, 0.2) is 53.3 Å². The first-order valence-corrected chi connectivity index (χ1v) is 20.8. The van der Waals surface area contributed by atoms with E-state index in [0.717, 1.165) is 48.4 Å². The number of pyridine rings is 2. The first-order chi connectivity index (χ1) is 26.6. The Morgan fingerprint density at radius 3 is 2.38 bits per heavy atom. The van der Waals surface area contributed by atoms with Gasteiger partial charge in [0.25, 0.3) is 5.56 Å². The van der Waals surface area contributed by atoms with E-state index in [1.807, 2.05) is 31.2 Å². The lowest BCUT2D eigenvalue weighted by molar-refractivity contribution is -0.175. The summed E-state index contributed by atoms with van der Waals surface area (Å²) in [6.07, 6.45) is -0.941. The number of amides is 1. The van der Waals surface area contributed by atoms with E-state index < -0.39 is 23.8 Å². The molecular weight excluding hydrogens is 782 g/mol. The van der Waals surface area contributed by atoms with Crippen molar-refractivity contribution in [2.24, 2.45) is 0 Å². The molecule has 2 N–H and O–H groups in total. The minimum Gasteiger partial charge on any atom is -0.508 e. The highest BCUT2D eigenvalue weighted by Gasteiger charge is 2.51. The first-order valence-electron chi connectivity index (χ1n) is 18.3. The lowest BCUT2D eigenvalue weighted by atomic mass is 9.85. The van der Waals surface area contributed by atoms with Crippen LogP contribution < -0.4 is 15.8 Å². The van der Waals surface area contributed by atoms with Crippen LogP contribution in [0.3, 0.4) is 0 Å². The molecule has 3 aliphatic heterocycles. The molecule has 3 aliphatic rings. The van der Waals surface area contributed by atoms with Gasteiger partial charge >= 0.3 is 18.2 Å². The number of rotatable bonds is 12. The number of ether oxygens (including phenoxy) is 4. The Hall–Kier alpha value is -4.64. The van der Waals surface area contributed by atoms with E-state index in [9.17, 15) is 24.3 Å². The maximum atomic E-state index is 13.9. The fourth-order valence-electron chi connectivity index (χ4n) is 7.30. The third kappa shape index (κ3) is 8.24. The number of nitrogens with zero attached hydrogens (tertiary/aromatic N) is 4. The second kappa shape index (κ2) is 17.7. The second-order valence-electron chi connectivity index (χ2n) is 13.5. The van der Waals surface area contributed by atoms with E-state index in [1.165, 1.54) is 21.6 Å². The highest BCUT2D eigenvalue weighted by molar-refractivity contribution is 8.76. The van der Waals surface area contributed by atoms with Gasteiger partial charge in [0.2, 0.25) is 5.60 Å². The molecule has 4 aromatic rings. The molecule has 14 nitrogen and oxygen atoms in total. The molecule has 0 aliphatic carbocycles. The highest BCUT2D eigenvalue weighted by atomic mass is 35.5. The van der Waals surface area contributed by atoms with E-state index in [0.29, 0.717) is 40.5 Å². The predicted octanol–water partition coefficient (Wildman–Crippen LogP) is 6.31. The van der Waals surface area contributed by atoms with Crippen LogP contribution in [-0.2, 0) is 48.9 Å². The summed E-state index contributed by atoms with van der Waals surface area (Å²) < 4.78 is 23.4. The Morgan fingerprint density at radius 2 is 1.68 bits per heavy atom. The fourth-order valence-corrected chi connectivity index (χ4v) is 8.96. The van der Waals surface area contributed by atoms with Crippen molar-refractivity contribution in [1.29, 1.82) is 0 Å². The summed E-state index contributed by atoms with van der Waals surface area (Å²) in [5.41, 5.74) is 3.65. The number of phenols is 1. The van der Waals surface area contributed by atoms with E-state index in [4.69, 9.17) is 23.9 Å². The Morgan fingerprint density at radius 1 is 0.964 bits per heavy atom. The molecule has 1 fully saturated rings. The van der Waals surface area contributed by atoms with Gasteiger partial charge in [-0.2, -0.15) is 0 Å². The zero-order valence-electron chi connectivity index (χ0n) is 31.3. The molecule has 0 unspecified atom stereocenters. The van der Waals surface area contributed by atoms with Gasteiger partial charge < -0.3 is 38.4 Å². The molecule has 56 heavy (non-hydrogen) atoms. The Kier molecular flexibility index (Phi) is 12.9. The van der Waals surface area contributed by atoms with Crippen molar-refractivity contribution in [2.45, 2.75) is 45.4 Å². The Labute approximate surface area is 338 Å². The number of carbonyl (C=O) groups is 3. The summed E-state index contributed by atoms with van der Waals surface area (Å²) in [6.45, 7) is 7.86. The quantitative estimate of drug-likeness (QED) is 0.0623. The van der Waals surface area contributed by atoms with Crippen LogP contribution in [0.25, 0.3) is 22.3 Å². The normalized spacial score (nSPS) is 17.3. The number of piperazine rings is 1. The van der Waals surface area contributed by atoms with Crippen LogP contribution in [0.5, 0.6) is 5.75 Å². The van der Waals surface area contributed by atoms with Crippen LogP contribution in [0.1, 0.15) is 42.5 Å². The standard InChI is InChI=1S/C39H43N5O9S2.ClH/c1-4-27-28-20-26(45)10-11-32(28)41-34-29(27)22-44-33(34)21-31-30(35(44)46)23-52-36(47)39(31,5-2)53-38(49)51-17-19-55-54-18-16-50-37(48)40-24-6-8-25(9-7-24)43-14-12-42(3)13-15-43;/h6-11,20-21,45H,4-5,12-19,22-23H2,1-3H3,(H,40,48);1H/t39-;/m0./s1. The number of aromatic nitrogens is 2. The van der Waals surface area contributed by atoms with Crippen molar-refractivity contribution >= 4 is 74.5 Å². The predicted molar refractivity (Wildman–Crippen MR) is 219 cm³/mol. The molecule has 298 valence electrons. The Bertz CT molecular complexity index is 2180. The summed E-state index contributed by atoms with van der Waals surface area (Å²) in [7, 11) is 5.00. The average molecular weight is 826 g/mol. The molecule has 1 amide bonds. The van der Waals surface area contributed by atoms with Crippen LogP contribution in [0, 0.1) is 0 Å². The Balaban J connectivity index is 0.00000532. The third-order valence-corrected chi connectivity index (χ3v) is 12.6. The number of hydrogen-bond acceptors (Lipinski definition) is 14. The number of aryl methyl sites for hydroxylation is 1. The van der Waals surface area contributed by atoms with E-state index in [1.54, 1.807) is 35.8 Å². The number of carbonyl (C=O) groups excluding carboxylic acids is 3. The van der Waals surface area contributed by atoms with Gasteiger partial charge in [0, 0.05) is 65.6 Å². The smallest absolute Gasteiger partial charge is 0.508 e. The minimum absolute atomic E-state index is 0. The molecular formula is C39H44ClN5O9S2. The van der Waals surface area contributed by atoms with E-state index in [2.05, 4.69) is 22.2 Å². The number of nitrogens with one attached hydrogen (secondary N) is 1. The van der Waals surface area contributed by atoms with Crippen molar-refractivity contribution in [2.75, 3.05) is 68.2 Å². The molecule has 17 heteroatoms. The lowest BCUT2D eigenvalue weighted by Gasteiger charge is -2.35. The van der Waals surface area contributed by atoms with Gasteiger partial charge in [0.1, 0.15) is 25.6 Å². The number of cyclic esters (lactones) is 1. The molecule has 0 radical (unpaired) electrons. The van der Waals surface area contributed by atoms with Crippen LogP contribution >= 0.6 is 34.0 Å². The van der Waals surface area contributed by atoms with Gasteiger partial charge in [-0.1, -0.05) is 35.4 Å². The van der Waals surface area contributed by atoms with Crippen molar-refractivity contribution in [3.8, 4) is 17.1 Å². The van der Waals surface area contributed by atoms with Gasteiger partial charge in [-0.15, -0.1) is 12.4 Å². The number of aromatic hydroxyl groups is 1. The molecule has 2 aromatic heterocycles. The van der Waals surface area contributed by atoms with Gasteiger partial charge in [-0.05, 0) is 74.0 Å². The number of hydrogen-bond donors (Lipinski definition) is 2. The third-order valence-electron chi connectivity index (χ3n) is 10.2. The van der Waals surface area contributed by atoms with Gasteiger partial charge in [-0.3, -0.25) is 10.1 Å². The van der Waals surface area contributed by atoms with Crippen molar-refractivity contribution in [3.63, 3.8) is 0 Å². The van der Waals surface area contributed by atoms with Gasteiger partial charge in [0.15, 0.2) is 0 Å². The fraction of sp³-hybridized carbons (Fsp3) is 0.410. The molecule has 2 aromatic carbocycles. The van der Waals surface area contributed by atoms with Crippen LogP contribution in [0.2, 0.25) is 0 Å². The monoisotopic (exact) mass is 825 g/mol. The van der Waals surface area contributed by atoms with Crippen molar-refractivity contribution in [3.05, 3.63) is 81.1 Å². The highest BCUT2D eigenvalue weighted by Crippen LogP contribution is 2.42. The molecule has 0 saturated carbocycles. The van der Waals surface area contributed by atoms with Crippen LogP contribution in [0.4, 0.5) is 21.0 Å². The molecule has 0 spiro atoms. The SMILES string of the molecule is CCc1c2c(nc3ccc(O)cc13)-c1cc3c(c(=O)n1C2)COC(=O)[C@@]3(CC)OC(=O)OCCSSCCOC(=O)Nc1ccc(N2CCN(C)CC2)cc1.Cl. The zero-order valence-corrected chi connectivity index (χ0v) is 33.8. The summed E-state index contributed by atoms with van der Waals surface area (Å²) in [5.74, 6) is 0.272. The van der Waals surface area contributed by atoms with E-state index in [-0.39, 0.29) is 67.6 Å². The van der Waals surface area contributed by atoms with Crippen LogP contribution in [-0.4, -0.2) is 95.7 Å². The number of anilines is 2. The van der Waals surface area contributed by atoms with Crippen molar-refractivity contribution < 1.29 is 38.4 Å². The summed E-state index contributed by atoms with van der Waals surface area (Å²) in [6, 6.07) is 14.4. The first kappa shape index (κ1) is 41.0. The molecule has 5 heterocycles. The molecule has 1 atom stereocenters. The number of benzene rings is 2. The number of esters is 1.